The third kappa shape index (κ3) is 4.56. The van der Waals surface area contributed by atoms with Crippen molar-refractivity contribution < 1.29 is 14.2 Å². The van der Waals surface area contributed by atoms with Crippen molar-refractivity contribution in [3.63, 3.8) is 0 Å². The van der Waals surface area contributed by atoms with Crippen LogP contribution in [-0.2, 0) is 12.3 Å². The van der Waals surface area contributed by atoms with Crippen molar-refractivity contribution in [3.8, 4) is 27.8 Å². The number of thiazole rings is 1. The Labute approximate surface area is 200 Å². The SMILES string of the molecule is CCn1c(SCc2csc(-c3ccc4c(c3)OCO4)n2)nnc1C(C)Oc1ccccc1C. The van der Waals surface area contributed by atoms with Gasteiger partial charge in [-0.2, -0.15) is 0 Å². The third-order valence-corrected chi connectivity index (χ3v) is 7.28. The third-order valence-electron chi connectivity index (χ3n) is 5.34. The lowest BCUT2D eigenvalue weighted by molar-refractivity contribution is 0.174. The van der Waals surface area contributed by atoms with Crippen molar-refractivity contribution in [2.75, 3.05) is 6.79 Å². The van der Waals surface area contributed by atoms with Gasteiger partial charge in [0.05, 0.1) is 5.69 Å². The molecule has 0 aliphatic carbocycles. The maximum atomic E-state index is 6.17. The van der Waals surface area contributed by atoms with Gasteiger partial charge in [0.25, 0.3) is 0 Å². The highest BCUT2D eigenvalue weighted by Crippen LogP contribution is 2.37. The Hall–Kier alpha value is -3.04. The standard InChI is InChI=1S/C24H24N4O3S2/c1-4-28-22(16(3)31-19-8-6-5-7-15(19)2)26-27-24(28)33-13-18-12-32-23(25-18)17-9-10-20-21(11-17)30-14-29-20/h5-12,16H,4,13-14H2,1-3H3. The minimum Gasteiger partial charge on any atom is -0.482 e. The molecular weight excluding hydrogens is 456 g/mol. The lowest BCUT2D eigenvalue weighted by Gasteiger charge is -2.16. The number of thioether (sulfide) groups is 1. The summed E-state index contributed by atoms with van der Waals surface area (Å²) in [6, 6.07) is 13.9. The van der Waals surface area contributed by atoms with Crippen molar-refractivity contribution in [3.05, 3.63) is 64.9 Å². The van der Waals surface area contributed by atoms with Crippen LogP contribution in [0, 0.1) is 6.92 Å². The van der Waals surface area contributed by atoms with Crippen molar-refractivity contribution in [2.45, 2.75) is 44.3 Å². The van der Waals surface area contributed by atoms with Gasteiger partial charge in [0.1, 0.15) is 10.8 Å². The summed E-state index contributed by atoms with van der Waals surface area (Å²) in [7, 11) is 0. The number of nitrogens with zero attached hydrogens (tertiary/aromatic N) is 4. The first-order valence-corrected chi connectivity index (χ1v) is 12.6. The number of fused-ring (bicyclic) bond motifs is 1. The van der Waals surface area contributed by atoms with E-state index in [1.165, 1.54) is 0 Å². The Kier molecular flexibility index (Phi) is 6.24. The van der Waals surface area contributed by atoms with Crippen molar-refractivity contribution >= 4 is 23.1 Å². The first kappa shape index (κ1) is 21.8. The molecule has 33 heavy (non-hydrogen) atoms. The molecule has 170 valence electrons. The summed E-state index contributed by atoms with van der Waals surface area (Å²) in [5.41, 5.74) is 3.14. The molecule has 0 saturated heterocycles. The first-order valence-electron chi connectivity index (χ1n) is 10.7. The molecule has 1 atom stereocenters. The number of rotatable bonds is 8. The molecule has 2 aromatic carbocycles. The van der Waals surface area contributed by atoms with E-state index in [2.05, 4.69) is 27.1 Å². The molecule has 0 fully saturated rings. The van der Waals surface area contributed by atoms with E-state index in [1.807, 2.05) is 56.3 Å². The minimum absolute atomic E-state index is 0.204. The molecule has 5 rings (SSSR count). The zero-order valence-corrected chi connectivity index (χ0v) is 20.3. The summed E-state index contributed by atoms with van der Waals surface area (Å²) < 4.78 is 19.2. The predicted octanol–water partition coefficient (Wildman–Crippen LogP) is 5.89. The normalized spacial score (nSPS) is 13.3. The Bertz CT molecular complexity index is 1270. The maximum Gasteiger partial charge on any atom is 0.231 e. The molecule has 0 amide bonds. The van der Waals surface area contributed by atoms with Crippen molar-refractivity contribution in [1.82, 2.24) is 19.7 Å². The van der Waals surface area contributed by atoms with Gasteiger partial charge in [0.15, 0.2) is 28.6 Å². The Morgan fingerprint density at radius 3 is 2.85 bits per heavy atom. The zero-order chi connectivity index (χ0) is 22.8. The number of ether oxygens (including phenoxy) is 3. The smallest absolute Gasteiger partial charge is 0.231 e. The van der Waals surface area contributed by atoms with Crippen molar-refractivity contribution in [1.29, 1.82) is 0 Å². The Morgan fingerprint density at radius 1 is 1.15 bits per heavy atom. The molecule has 7 nitrogen and oxygen atoms in total. The second-order valence-electron chi connectivity index (χ2n) is 7.61. The first-order chi connectivity index (χ1) is 16.1. The number of hydrogen-bond donors (Lipinski definition) is 0. The van der Waals surface area contributed by atoms with Crippen LogP contribution in [0.3, 0.4) is 0 Å². The van der Waals surface area contributed by atoms with Gasteiger partial charge in [-0.25, -0.2) is 4.98 Å². The van der Waals surface area contributed by atoms with Crippen LogP contribution in [0.4, 0.5) is 0 Å². The second kappa shape index (κ2) is 9.44. The van der Waals surface area contributed by atoms with Crippen LogP contribution in [0.5, 0.6) is 17.2 Å². The molecule has 9 heteroatoms. The van der Waals surface area contributed by atoms with Crippen LogP contribution >= 0.6 is 23.1 Å². The fourth-order valence-electron chi connectivity index (χ4n) is 3.61. The molecule has 1 aliphatic rings. The van der Waals surface area contributed by atoms with E-state index in [0.717, 1.165) is 56.6 Å². The number of benzene rings is 2. The fourth-order valence-corrected chi connectivity index (χ4v) is 5.43. The molecule has 0 N–H and O–H groups in total. The van der Waals surface area contributed by atoms with E-state index < -0.39 is 0 Å². The largest absolute Gasteiger partial charge is 0.482 e. The van der Waals surface area contributed by atoms with E-state index in [9.17, 15) is 0 Å². The second-order valence-corrected chi connectivity index (χ2v) is 9.41. The number of aromatic nitrogens is 4. The molecule has 1 aliphatic heterocycles. The fraction of sp³-hybridized carbons (Fsp3) is 0.292. The van der Waals surface area contributed by atoms with E-state index in [4.69, 9.17) is 19.2 Å². The molecule has 3 heterocycles. The van der Waals surface area contributed by atoms with Crippen LogP contribution < -0.4 is 14.2 Å². The summed E-state index contributed by atoms with van der Waals surface area (Å²) in [5, 5.41) is 12.8. The topological polar surface area (TPSA) is 71.3 Å². The predicted molar refractivity (Wildman–Crippen MR) is 129 cm³/mol. The Balaban J connectivity index is 1.27. The molecule has 1 unspecified atom stereocenters. The summed E-state index contributed by atoms with van der Waals surface area (Å²) in [5.74, 6) is 3.95. The number of hydrogen-bond acceptors (Lipinski definition) is 8. The lowest BCUT2D eigenvalue weighted by Crippen LogP contribution is -2.12. The van der Waals surface area contributed by atoms with Gasteiger partial charge in [-0.05, 0) is 50.6 Å². The number of aryl methyl sites for hydroxylation is 1. The zero-order valence-electron chi connectivity index (χ0n) is 18.6. The average molecular weight is 481 g/mol. The minimum atomic E-state index is -0.204. The van der Waals surface area contributed by atoms with E-state index in [-0.39, 0.29) is 12.9 Å². The van der Waals surface area contributed by atoms with Crippen LogP contribution in [0.25, 0.3) is 10.6 Å². The number of para-hydroxylation sites is 1. The van der Waals surface area contributed by atoms with Gasteiger partial charge >= 0.3 is 0 Å². The molecule has 0 spiro atoms. The van der Waals surface area contributed by atoms with Gasteiger partial charge < -0.3 is 18.8 Å². The Morgan fingerprint density at radius 2 is 2.00 bits per heavy atom. The molecule has 4 aromatic rings. The van der Waals surface area contributed by atoms with Crippen LogP contribution in [0.15, 0.2) is 53.0 Å². The molecule has 2 aromatic heterocycles. The lowest BCUT2D eigenvalue weighted by atomic mass is 10.2. The van der Waals surface area contributed by atoms with Gasteiger partial charge in [-0.3, -0.25) is 0 Å². The van der Waals surface area contributed by atoms with E-state index >= 15 is 0 Å². The monoisotopic (exact) mass is 480 g/mol. The molecule has 0 saturated carbocycles. The molecular formula is C24H24N4O3S2. The summed E-state index contributed by atoms with van der Waals surface area (Å²) in [4.78, 5) is 4.80. The highest BCUT2D eigenvalue weighted by molar-refractivity contribution is 7.98. The molecule has 0 bridgehead atoms. The molecule has 0 radical (unpaired) electrons. The van der Waals surface area contributed by atoms with Gasteiger partial charge in [-0.15, -0.1) is 21.5 Å². The van der Waals surface area contributed by atoms with Crippen LogP contribution in [0.2, 0.25) is 0 Å². The highest BCUT2D eigenvalue weighted by Gasteiger charge is 2.20. The quantitative estimate of drug-likeness (QED) is 0.291. The van der Waals surface area contributed by atoms with Crippen molar-refractivity contribution in [2.24, 2.45) is 0 Å². The van der Waals surface area contributed by atoms with Gasteiger partial charge in [-0.1, -0.05) is 30.0 Å². The average Bonchev–Trinajstić information content (AvgIpc) is 3.57. The maximum absolute atomic E-state index is 6.17. The van der Waals surface area contributed by atoms with E-state index in [0.29, 0.717) is 5.75 Å². The highest BCUT2D eigenvalue weighted by atomic mass is 32.2. The summed E-state index contributed by atoms with van der Waals surface area (Å²) in [6.45, 7) is 7.19. The van der Waals surface area contributed by atoms with Gasteiger partial charge in [0, 0.05) is 23.2 Å². The summed E-state index contributed by atoms with van der Waals surface area (Å²) in [6.07, 6.45) is -0.204. The van der Waals surface area contributed by atoms with Gasteiger partial charge in [0.2, 0.25) is 6.79 Å². The van der Waals surface area contributed by atoms with E-state index in [1.54, 1.807) is 23.1 Å². The van der Waals surface area contributed by atoms with Crippen LogP contribution in [-0.4, -0.2) is 26.5 Å². The van der Waals surface area contributed by atoms with Crippen LogP contribution in [0.1, 0.15) is 37.0 Å². The summed E-state index contributed by atoms with van der Waals surface area (Å²) >= 11 is 3.26.